The standard InChI is InChI=1S/C12H19FN2S/c1-9(14)12-10(13)5-4-6-11(12)15(2)7-8-16-3/h4-6,9H,7-8,14H2,1-3H3/t9-/m1/s1. The summed E-state index contributed by atoms with van der Waals surface area (Å²) in [6.45, 7) is 2.70. The highest BCUT2D eigenvalue weighted by Gasteiger charge is 2.14. The number of rotatable bonds is 5. The first-order valence-electron chi connectivity index (χ1n) is 5.32. The summed E-state index contributed by atoms with van der Waals surface area (Å²) in [6.07, 6.45) is 2.06. The van der Waals surface area contributed by atoms with Gasteiger partial charge in [0.1, 0.15) is 5.82 Å². The SMILES string of the molecule is CSCCN(C)c1cccc(F)c1[C@@H](C)N. The Labute approximate surface area is 101 Å². The Morgan fingerprint density at radius 2 is 2.19 bits per heavy atom. The predicted octanol–water partition coefficient (Wildman–Crippen LogP) is 2.64. The molecular formula is C12H19FN2S. The average Bonchev–Trinajstić information content (AvgIpc) is 2.24. The molecule has 1 aromatic rings. The summed E-state index contributed by atoms with van der Waals surface area (Å²) >= 11 is 1.78. The minimum atomic E-state index is -0.284. The molecule has 0 aromatic heterocycles. The molecule has 0 aliphatic rings. The second kappa shape index (κ2) is 6.11. The molecule has 0 spiro atoms. The van der Waals surface area contributed by atoms with Crippen LogP contribution in [0.25, 0.3) is 0 Å². The molecule has 0 fully saturated rings. The molecule has 1 rings (SSSR count). The van der Waals surface area contributed by atoms with E-state index < -0.39 is 0 Å². The van der Waals surface area contributed by atoms with Crippen LogP contribution in [0.3, 0.4) is 0 Å². The molecule has 2 N–H and O–H groups in total. The Hall–Kier alpha value is -0.740. The molecule has 0 saturated heterocycles. The fourth-order valence-corrected chi connectivity index (χ4v) is 2.11. The first-order chi connectivity index (χ1) is 7.57. The molecule has 0 heterocycles. The van der Waals surface area contributed by atoms with Crippen LogP contribution in [0.1, 0.15) is 18.5 Å². The lowest BCUT2D eigenvalue weighted by Gasteiger charge is -2.24. The number of thioether (sulfide) groups is 1. The lowest BCUT2D eigenvalue weighted by molar-refractivity contribution is 0.593. The van der Waals surface area contributed by atoms with Gasteiger partial charge in [-0.2, -0.15) is 11.8 Å². The summed E-state index contributed by atoms with van der Waals surface area (Å²) in [6, 6.07) is 4.83. The van der Waals surface area contributed by atoms with Crippen molar-refractivity contribution in [1.29, 1.82) is 0 Å². The van der Waals surface area contributed by atoms with Gasteiger partial charge in [-0.05, 0) is 25.3 Å². The fraction of sp³-hybridized carbons (Fsp3) is 0.500. The molecule has 0 bridgehead atoms. The summed E-state index contributed by atoms with van der Waals surface area (Å²) in [5, 5.41) is 0. The van der Waals surface area contributed by atoms with E-state index in [0.29, 0.717) is 5.56 Å². The zero-order valence-electron chi connectivity index (χ0n) is 10.0. The highest BCUT2D eigenvalue weighted by molar-refractivity contribution is 7.98. The number of halogens is 1. The first kappa shape index (κ1) is 13.3. The number of hydrogen-bond acceptors (Lipinski definition) is 3. The minimum Gasteiger partial charge on any atom is -0.373 e. The number of nitrogens with zero attached hydrogens (tertiary/aromatic N) is 1. The Balaban J connectivity index is 2.98. The van der Waals surface area contributed by atoms with Crippen LogP contribution in [-0.2, 0) is 0 Å². The topological polar surface area (TPSA) is 29.3 Å². The van der Waals surface area contributed by atoms with Crippen LogP contribution in [0.2, 0.25) is 0 Å². The summed E-state index contributed by atoms with van der Waals surface area (Å²) in [4.78, 5) is 2.05. The highest BCUT2D eigenvalue weighted by Crippen LogP contribution is 2.27. The van der Waals surface area contributed by atoms with Gasteiger partial charge in [0.05, 0.1) is 0 Å². The predicted molar refractivity (Wildman–Crippen MR) is 70.7 cm³/mol. The number of anilines is 1. The van der Waals surface area contributed by atoms with Crippen molar-refractivity contribution < 1.29 is 4.39 Å². The van der Waals surface area contributed by atoms with Crippen molar-refractivity contribution in [3.05, 3.63) is 29.6 Å². The zero-order chi connectivity index (χ0) is 12.1. The highest BCUT2D eigenvalue weighted by atomic mass is 32.2. The van der Waals surface area contributed by atoms with Gasteiger partial charge < -0.3 is 10.6 Å². The first-order valence-corrected chi connectivity index (χ1v) is 6.71. The van der Waals surface area contributed by atoms with E-state index in [0.717, 1.165) is 18.0 Å². The maximum atomic E-state index is 13.7. The van der Waals surface area contributed by atoms with Crippen LogP contribution in [-0.4, -0.2) is 25.6 Å². The van der Waals surface area contributed by atoms with Gasteiger partial charge in [0.25, 0.3) is 0 Å². The Morgan fingerprint density at radius 3 is 2.75 bits per heavy atom. The molecule has 1 aromatic carbocycles. The molecule has 16 heavy (non-hydrogen) atoms. The quantitative estimate of drug-likeness (QED) is 0.860. The summed E-state index contributed by atoms with van der Waals surface area (Å²) in [7, 11) is 1.97. The maximum Gasteiger partial charge on any atom is 0.130 e. The minimum absolute atomic E-state index is 0.219. The molecule has 0 radical (unpaired) electrons. The fourth-order valence-electron chi connectivity index (χ4n) is 1.66. The van der Waals surface area contributed by atoms with E-state index in [2.05, 4.69) is 11.2 Å². The van der Waals surface area contributed by atoms with Crippen molar-refractivity contribution in [3.63, 3.8) is 0 Å². The second-order valence-corrected chi connectivity index (χ2v) is 4.86. The number of hydrogen-bond donors (Lipinski definition) is 1. The van der Waals surface area contributed by atoms with Gasteiger partial charge in [-0.25, -0.2) is 4.39 Å². The normalized spacial score (nSPS) is 12.6. The molecular weight excluding hydrogens is 223 g/mol. The van der Waals surface area contributed by atoms with E-state index in [4.69, 9.17) is 5.73 Å². The van der Waals surface area contributed by atoms with E-state index in [9.17, 15) is 4.39 Å². The third kappa shape index (κ3) is 3.12. The van der Waals surface area contributed by atoms with Gasteiger partial charge in [-0.15, -0.1) is 0 Å². The molecule has 4 heteroatoms. The van der Waals surface area contributed by atoms with Crippen LogP contribution in [0.4, 0.5) is 10.1 Å². The van der Waals surface area contributed by atoms with Gasteiger partial charge in [0.2, 0.25) is 0 Å². The molecule has 0 aliphatic carbocycles. The lowest BCUT2D eigenvalue weighted by Crippen LogP contribution is -2.23. The Kier molecular flexibility index (Phi) is 5.09. The second-order valence-electron chi connectivity index (χ2n) is 3.88. The van der Waals surface area contributed by atoms with Crippen LogP contribution in [0.15, 0.2) is 18.2 Å². The van der Waals surface area contributed by atoms with Crippen LogP contribution in [0.5, 0.6) is 0 Å². The lowest BCUT2D eigenvalue weighted by atomic mass is 10.1. The third-order valence-corrected chi connectivity index (χ3v) is 3.12. The van der Waals surface area contributed by atoms with Crippen LogP contribution in [0, 0.1) is 5.82 Å². The molecule has 1 atom stereocenters. The monoisotopic (exact) mass is 242 g/mol. The van der Waals surface area contributed by atoms with Gasteiger partial charge in [-0.1, -0.05) is 6.07 Å². The van der Waals surface area contributed by atoms with Crippen molar-refractivity contribution in [1.82, 2.24) is 0 Å². The molecule has 0 aliphatic heterocycles. The van der Waals surface area contributed by atoms with Gasteiger partial charge in [0, 0.05) is 36.6 Å². The number of benzene rings is 1. The van der Waals surface area contributed by atoms with Crippen molar-refractivity contribution >= 4 is 17.4 Å². The molecule has 0 saturated carbocycles. The largest absolute Gasteiger partial charge is 0.373 e. The molecule has 90 valence electrons. The van der Waals surface area contributed by atoms with Crippen molar-refractivity contribution in [2.24, 2.45) is 5.73 Å². The van der Waals surface area contributed by atoms with E-state index >= 15 is 0 Å². The van der Waals surface area contributed by atoms with Crippen molar-refractivity contribution in [3.8, 4) is 0 Å². The molecule has 2 nitrogen and oxygen atoms in total. The summed E-state index contributed by atoms with van der Waals surface area (Å²) < 4.78 is 13.7. The van der Waals surface area contributed by atoms with Crippen LogP contribution >= 0.6 is 11.8 Å². The Morgan fingerprint density at radius 1 is 1.50 bits per heavy atom. The summed E-state index contributed by atoms with van der Waals surface area (Å²) in [5.41, 5.74) is 7.31. The molecule has 0 unspecified atom stereocenters. The van der Waals surface area contributed by atoms with Crippen LogP contribution < -0.4 is 10.6 Å². The van der Waals surface area contributed by atoms with E-state index in [-0.39, 0.29) is 11.9 Å². The maximum absolute atomic E-state index is 13.7. The van der Waals surface area contributed by atoms with E-state index in [1.54, 1.807) is 17.8 Å². The van der Waals surface area contributed by atoms with E-state index in [1.165, 1.54) is 6.07 Å². The van der Waals surface area contributed by atoms with Crippen molar-refractivity contribution in [2.45, 2.75) is 13.0 Å². The average molecular weight is 242 g/mol. The third-order valence-electron chi connectivity index (χ3n) is 2.53. The smallest absolute Gasteiger partial charge is 0.130 e. The summed E-state index contributed by atoms with van der Waals surface area (Å²) in [5.74, 6) is 0.800. The number of nitrogens with two attached hydrogens (primary N) is 1. The van der Waals surface area contributed by atoms with Crippen molar-refractivity contribution in [2.75, 3.05) is 30.5 Å². The van der Waals surface area contributed by atoms with Gasteiger partial charge >= 0.3 is 0 Å². The van der Waals surface area contributed by atoms with Gasteiger partial charge in [-0.3, -0.25) is 0 Å². The van der Waals surface area contributed by atoms with E-state index in [1.807, 2.05) is 20.0 Å². The Bertz CT molecular complexity index is 342. The molecule has 0 amide bonds. The van der Waals surface area contributed by atoms with Gasteiger partial charge in [0.15, 0.2) is 0 Å². The zero-order valence-corrected chi connectivity index (χ0v) is 10.9.